The van der Waals surface area contributed by atoms with Gasteiger partial charge in [-0.05, 0) is 74.2 Å². The number of hydrogen-bond acceptors (Lipinski definition) is 5. The minimum absolute atomic E-state index is 0.166. The number of rotatable bonds is 6. The van der Waals surface area contributed by atoms with Gasteiger partial charge in [0, 0.05) is 0 Å². The first-order chi connectivity index (χ1) is 12.1. The maximum atomic E-state index is 12.0. The molecule has 0 fully saturated rings. The number of benzene rings is 1. The Hall–Kier alpha value is -1.86. The first-order valence-corrected chi connectivity index (χ1v) is 9.35. The van der Waals surface area contributed by atoms with Gasteiger partial charge in [0.15, 0.2) is 11.5 Å². The van der Waals surface area contributed by atoms with Crippen molar-refractivity contribution in [2.24, 2.45) is 4.99 Å². The second-order valence-electron chi connectivity index (χ2n) is 5.33. The number of esters is 1. The topological polar surface area (TPSA) is 61.0 Å². The van der Waals surface area contributed by atoms with Gasteiger partial charge in [-0.1, -0.05) is 13.3 Å². The Morgan fingerprint density at radius 1 is 1.28 bits per heavy atom. The highest BCUT2D eigenvalue weighted by molar-refractivity contribution is 9.11. The van der Waals surface area contributed by atoms with E-state index in [1.54, 1.807) is 18.2 Å². The molecule has 2 aromatic rings. The Balaban J connectivity index is 1.85. The van der Waals surface area contributed by atoms with Crippen molar-refractivity contribution in [1.29, 1.82) is 0 Å². The normalized spacial score (nSPS) is 15.4. The predicted octanol–water partition coefficient (Wildman–Crippen LogP) is 5.33. The lowest BCUT2D eigenvalue weighted by Crippen LogP contribution is -2.04. The summed E-state index contributed by atoms with van der Waals surface area (Å²) in [5, 5.41) is 0. The average molecular weight is 469 g/mol. The average Bonchev–Trinajstić information content (AvgIpc) is 3.21. The van der Waals surface area contributed by atoms with E-state index >= 15 is 0 Å². The van der Waals surface area contributed by atoms with E-state index in [4.69, 9.17) is 13.9 Å². The third-order valence-electron chi connectivity index (χ3n) is 3.42. The molecule has 0 saturated heterocycles. The lowest BCUT2D eigenvalue weighted by molar-refractivity contribution is -0.130. The van der Waals surface area contributed by atoms with Crippen molar-refractivity contribution in [1.82, 2.24) is 0 Å². The fourth-order valence-electron chi connectivity index (χ4n) is 2.19. The van der Waals surface area contributed by atoms with E-state index in [-0.39, 0.29) is 11.6 Å². The van der Waals surface area contributed by atoms with E-state index in [2.05, 4.69) is 43.8 Å². The lowest BCUT2D eigenvalue weighted by Gasteiger charge is -2.11. The maximum Gasteiger partial charge on any atom is 0.363 e. The van der Waals surface area contributed by atoms with Crippen LogP contribution in [-0.4, -0.2) is 18.5 Å². The van der Waals surface area contributed by atoms with Gasteiger partial charge < -0.3 is 13.9 Å². The van der Waals surface area contributed by atoms with Gasteiger partial charge in [-0.2, -0.15) is 0 Å². The standard InChI is InChI=1S/C18H15Br2NO4/c1-2-3-6-24-16-12(19)8-11(9-13(16)20)10-14-18(22)25-17(21-14)15-5-4-7-23-15/h4-5,7-10H,2-3,6H2,1H3/b14-10-. The Kier molecular flexibility index (Phi) is 5.75. The van der Waals surface area contributed by atoms with Crippen molar-refractivity contribution >= 4 is 49.8 Å². The van der Waals surface area contributed by atoms with Gasteiger partial charge in [0.2, 0.25) is 0 Å². The zero-order chi connectivity index (χ0) is 17.8. The molecular weight excluding hydrogens is 454 g/mol. The number of carbonyl (C=O) groups excluding carboxylic acids is 1. The molecule has 7 heteroatoms. The molecule has 0 unspecified atom stereocenters. The second-order valence-corrected chi connectivity index (χ2v) is 7.04. The first-order valence-electron chi connectivity index (χ1n) is 7.76. The first kappa shape index (κ1) is 17.9. The highest BCUT2D eigenvalue weighted by atomic mass is 79.9. The smallest absolute Gasteiger partial charge is 0.363 e. The molecule has 2 heterocycles. The summed E-state index contributed by atoms with van der Waals surface area (Å²) in [6, 6.07) is 7.13. The van der Waals surface area contributed by atoms with Crippen LogP contribution in [0.1, 0.15) is 31.1 Å². The molecule has 0 aliphatic carbocycles. The summed E-state index contributed by atoms with van der Waals surface area (Å²) in [7, 11) is 0. The van der Waals surface area contributed by atoms with E-state index in [0.717, 1.165) is 33.1 Å². The van der Waals surface area contributed by atoms with E-state index in [1.807, 2.05) is 12.1 Å². The summed E-state index contributed by atoms with van der Waals surface area (Å²) in [4.78, 5) is 16.2. The summed E-state index contributed by atoms with van der Waals surface area (Å²) >= 11 is 7.01. The van der Waals surface area contributed by atoms with Gasteiger partial charge in [-0.15, -0.1) is 0 Å². The van der Waals surface area contributed by atoms with Gasteiger partial charge in [-0.3, -0.25) is 0 Å². The van der Waals surface area contributed by atoms with Gasteiger partial charge >= 0.3 is 5.97 Å². The quantitative estimate of drug-likeness (QED) is 0.326. The number of aliphatic imine (C=N–C) groups is 1. The molecule has 0 atom stereocenters. The Morgan fingerprint density at radius 2 is 2.04 bits per heavy atom. The number of unbranched alkanes of at least 4 members (excludes halogenated alkanes) is 1. The second kappa shape index (κ2) is 8.01. The van der Waals surface area contributed by atoms with Crippen LogP contribution < -0.4 is 4.74 Å². The number of ether oxygens (including phenoxy) is 2. The molecule has 0 radical (unpaired) electrons. The van der Waals surface area contributed by atoms with Crippen molar-refractivity contribution in [3.63, 3.8) is 0 Å². The third-order valence-corrected chi connectivity index (χ3v) is 4.60. The van der Waals surface area contributed by atoms with Crippen LogP contribution in [0.5, 0.6) is 5.75 Å². The molecule has 1 aliphatic heterocycles. The van der Waals surface area contributed by atoms with Gasteiger partial charge in [0.1, 0.15) is 5.75 Å². The molecule has 0 amide bonds. The molecule has 1 aromatic carbocycles. The lowest BCUT2D eigenvalue weighted by atomic mass is 10.2. The molecule has 130 valence electrons. The molecule has 0 saturated carbocycles. The zero-order valence-corrected chi connectivity index (χ0v) is 16.6. The number of hydrogen-bond donors (Lipinski definition) is 0. The van der Waals surface area contributed by atoms with E-state index in [1.165, 1.54) is 6.26 Å². The molecule has 0 spiro atoms. The largest absolute Gasteiger partial charge is 0.491 e. The van der Waals surface area contributed by atoms with E-state index < -0.39 is 5.97 Å². The highest BCUT2D eigenvalue weighted by Crippen LogP contribution is 2.36. The van der Waals surface area contributed by atoms with Crippen molar-refractivity contribution in [3.05, 3.63) is 56.5 Å². The Bertz CT molecular complexity index is 818. The minimum Gasteiger partial charge on any atom is -0.491 e. The summed E-state index contributed by atoms with van der Waals surface area (Å²) in [6.07, 6.45) is 5.21. The highest BCUT2D eigenvalue weighted by Gasteiger charge is 2.26. The van der Waals surface area contributed by atoms with Gasteiger partial charge in [-0.25, -0.2) is 9.79 Å². The van der Waals surface area contributed by atoms with Crippen LogP contribution in [0.25, 0.3) is 6.08 Å². The molecule has 0 N–H and O–H groups in total. The molecule has 3 rings (SSSR count). The minimum atomic E-state index is -0.512. The van der Waals surface area contributed by atoms with Crippen molar-refractivity contribution in [2.45, 2.75) is 19.8 Å². The molecule has 1 aromatic heterocycles. The predicted molar refractivity (Wildman–Crippen MR) is 102 cm³/mol. The molecule has 5 nitrogen and oxygen atoms in total. The van der Waals surface area contributed by atoms with Crippen LogP contribution in [0.4, 0.5) is 0 Å². The van der Waals surface area contributed by atoms with Crippen LogP contribution >= 0.6 is 31.9 Å². The fraction of sp³-hybridized carbons (Fsp3) is 0.222. The summed E-state index contributed by atoms with van der Waals surface area (Å²) in [6.45, 7) is 2.76. The van der Waals surface area contributed by atoms with Crippen LogP contribution in [0.2, 0.25) is 0 Å². The van der Waals surface area contributed by atoms with Gasteiger partial charge in [0.05, 0.1) is 21.8 Å². The maximum absolute atomic E-state index is 12.0. The number of cyclic esters (lactones) is 1. The fourth-order valence-corrected chi connectivity index (χ4v) is 3.64. The van der Waals surface area contributed by atoms with Crippen molar-refractivity contribution < 1.29 is 18.7 Å². The summed E-state index contributed by atoms with van der Waals surface area (Å²) in [5.74, 6) is 0.809. The van der Waals surface area contributed by atoms with Crippen molar-refractivity contribution in [3.8, 4) is 5.75 Å². The number of furan rings is 1. The Labute approximate surface area is 162 Å². The molecule has 1 aliphatic rings. The molecule has 25 heavy (non-hydrogen) atoms. The molecule has 0 bridgehead atoms. The SMILES string of the molecule is CCCCOc1c(Br)cc(/C=C2\N=C(c3ccco3)OC2=O)cc1Br. The molecular formula is C18H15Br2NO4. The number of carbonyl (C=O) groups is 1. The van der Waals surface area contributed by atoms with E-state index in [0.29, 0.717) is 12.4 Å². The van der Waals surface area contributed by atoms with Gasteiger partial charge in [0.25, 0.3) is 5.90 Å². The van der Waals surface area contributed by atoms with Crippen LogP contribution in [0, 0.1) is 0 Å². The summed E-state index contributed by atoms with van der Waals surface area (Å²) < 4.78 is 17.7. The number of halogens is 2. The third kappa shape index (κ3) is 4.22. The van der Waals surface area contributed by atoms with E-state index in [9.17, 15) is 4.79 Å². The number of nitrogens with zero attached hydrogens (tertiary/aromatic N) is 1. The van der Waals surface area contributed by atoms with Crippen LogP contribution in [0.15, 0.2) is 54.6 Å². The Morgan fingerprint density at radius 3 is 2.68 bits per heavy atom. The summed E-state index contributed by atoms with van der Waals surface area (Å²) in [5.41, 5.74) is 1.00. The zero-order valence-electron chi connectivity index (χ0n) is 13.4. The monoisotopic (exact) mass is 467 g/mol. The van der Waals surface area contributed by atoms with Crippen LogP contribution in [0.3, 0.4) is 0 Å². The van der Waals surface area contributed by atoms with Crippen molar-refractivity contribution in [2.75, 3.05) is 6.61 Å². The van der Waals surface area contributed by atoms with Crippen LogP contribution in [-0.2, 0) is 9.53 Å².